The Bertz CT molecular complexity index is 891. The highest BCUT2D eigenvalue weighted by Gasteiger charge is 2.27. The number of carbonyl (C=O) groups excluding carboxylic acids is 1. The third-order valence-electron chi connectivity index (χ3n) is 4.92. The van der Waals surface area contributed by atoms with Crippen molar-refractivity contribution in [1.29, 1.82) is 0 Å². The zero-order valence-electron chi connectivity index (χ0n) is 15.3. The topological polar surface area (TPSA) is 60.0 Å². The summed E-state index contributed by atoms with van der Waals surface area (Å²) >= 11 is 0. The van der Waals surface area contributed by atoms with Crippen LogP contribution in [0.5, 0.6) is 17.2 Å². The predicted molar refractivity (Wildman–Crippen MR) is 99.4 cm³/mol. The Morgan fingerprint density at radius 1 is 1.18 bits per heavy atom. The second-order valence-corrected chi connectivity index (χ2v) is 6.70. The number of nitrogens with zero attached hydrogens (tertiary/aromatic N) is 1. The molecule has 6 nitrogen and oxygen atoms in total. The number of alkyl halides is 2. The number of carbonyl (C=O) groups is 1. The van der Waals surface area contributed by atoms with E-state index in [0.717, 1.165) is 24.1 Å². The fraction of sp³-hybridized carbons (Fsp3) is 0.350. The number of benzene rings is 2. The molecule has 0 fully saturated rings. The van der Waals surface area contributed by atoms with E-state index in [2.05, 4.69) is 10.1 Å². The smallest absolute Gasteiger partial charge is 0.387 e. The second kappa shape index (κ2) is 7.53. The van der Waals surface area contributed by atoms with Crippen LogP contribution in [0.15, 0.2) is 36.4 Å². The van der Waals surface area contributed by atoms with E-state index in [9.17, 15) is 13.6 Å². The van der Waals surface area contributed by atoms with Crippen molar-refractivity contribution in [2.75, 3.05) is 23.6 Å². The Morgan fingerprint density at radius 3 is 2.82 bits per heavy atom. The van der Waals surface area contributed by atoms with E-state index in [1.165, 1.54) is 6.07 Å². The van der Waals surface area contributed by atoms with Crippen molar-refractivity contribution in [3.63, 3.8) is 0 Å². The van der Waals surface area contributed by atoms with Gasteiger partial charge in [0.1, 0.15) is 11.8 Å². The van der Waals surface area contributed by atoms with Gasteiger partial charge in [-0.1, -0.05) is 0 Å². The Kier molecular flexibility index (Phi) is 4.93. The fourth-order valence-corrected chi connectivity index (χ4v) is 3.54. The molecule has 148 valence electrons. The molecule has 2 heterocycles. The first kappa shape index (κ1) is 18.3. The van der Waals surface area contributed by atoms with Crippen LogP contribution in [0.25, 0.3) is 0 Å². The molecule has 0 bridgehead atoms. The number of fused-ring (bicyclic) bond motifs is 2. The monoisotopic (exact) mass is 390 g/mol. The first-order valence-electron chi connectivity index (χ1n) is 9.06. The number of halogens is 2. The molecule has 0 spiro atoms. The van der Waals surface area contributed by atoms with Gasteiger partial charge in [0.05, 0.1) is 0 Å². The van der Waals surface area contributed by atoms with Crippen LogP contribution in [-0.2, 0) is 11.2 Å². The molecule has 0 unspecified atom stereocenters. The average Bonchev–Trinajstić information content (AvgIpc) is 3.14. The molecule has 0 saturated carbocycles. The molecular weight excluding hydrogens is 370 g/mol. The first-order chi connectivity index (χ1) is 13.5. The van der Waals surface area contributed by atoms with Crippen LogP contribution < -0.4 is 24.4 Å². The third-order valence-corrected chi connectivity index (χ3v) is 4.92. The maximum absolute atomic E-state index is 12.8. The van der Waals surface area contributed by atoms with Gasteiger partial charge in [-0.05, 0) is 55.7 Å². The number of hydrogen-bond donors (Lipinski definition) is 1. The van der Waals surface area contributed by atoms with Gasteiger partial charge < -0.3 is 24.4 Å². The van der Waals surface area contributed by atoms with Crippen LogP contribution >= 0.6 is 0 Å². The maximum atomic E-state index is 12.8. The highest BCUT2D eigenvalue weighted by molar-refractivity contribution is 5.97. The zero-order valence-corrected chi connectivity index (χ0v) is 15.3. The Balaban J connectivity index is 1.49. The molecule has 28 heavy (non-hydrogen) atoms. The quantitative estimate of drug-likeness (QED) is 0.842. The minimum atomic E-state index is -2.86. The Morgan fingerprint density at radius 2 is 2.00 bits per heavy atom. The predicted octanol–water partition coefficient (Wildman–Crippen LogP) is 3.80. The van der Waals surface area contributed by atoms with Gasteiger partial charge in [-0.15, -0.1) is 0 Å². The highest BCUT2D eigenvalue weighted by atomic mass is 19.3. The van der Waals surface area contributed by atoms with Crippen LogP contribution in [-0.4, -0.2) is 31.9 Å². The van der Waals surface area contributed by atoms with E-state index in [1.807, 2.05) is 11.8 Å². The van der Waals surface area contributed by atoms with Crippen LogP contribution in [0.2, 0.25) is 0 Å². The largest absolute Gasteiger partial charge is 0.454 e. The van der Waals surface area contributed by atoms with Gasteiger partial charge in [0.2, 0.25) is 12.7 Å². The molecule has 1 N–H and O–H groups in total. The summed E-state index contributed by atoms with van der Waals surface area (Å²) < 4.78 is 40.0. The van der Waals surface area contributed by atoms with E-state index in [-0.39, 0.29) is 18.4 Å². The van der Waals surface area contributed by atoms with Gasteiger partial charge >= 0.3 is 6.61 Å². The summed E-state index contributed by atoms with van der Waals surface area (Å²) in [6, 6.07) is 9.66. The second-order valence-electron chi connectivity index (χ2n) is 6.70. The first-order valence-corrected chi connectivity index (χ1v) is 9.06. The number of amides is 1. The maximum Gasteiger partial charge on any atom is 0.387 e. The van der Waals surface area contributed by atoms with Crippen LogP contribution in [0.1, 0.15) is 18.9 Å². The van der Waals surface area contributed by atoms with Crippen LogP contribution in [0.4, 0.5) is 20.2 Å². The lowest BCUT2D eigenvalue weighted by Crippen LogP contribution is -2.44. The number of hydrogen-bond acceptors (Lipinski definition) is 5. The van der Waals surface area contributed by atoms with Crippen molar-refractivity contribution in [3.8, 4) is 17.2 Å². The van der Waals surface area contributed by atoms with Crippen LogP contribution in [0.3, 0.4) is 0 Å². The number of ether oxygens (including phenoxy) is 3. The van der Waals surface area contributed by atoms with Gasteiger partial charge in [0.15, 0.2) is 11.5 Å². The molecule has 2 aliphatic rings. The lowest BCUT2D eigenvalue weighted by atomic mass is 9.99. The zero-order chi connectivity index (χ0) is 19.7. The van der Waals surface area contributed by atoms with Gasteiger partial charge in [-0.3, -0.25) is 4.79 Å². The molecule has 1 atom stereocenters. The lowest BCUT2D eigenvalue weighted by Gasteiger charge is -2.35. The van der Waals surface area contributed by atoms with Crippen molar-refractivity contribution in [1.82, 2.24) is 0 Å². The van der Waals surface area contributed by atoms with Crippen molar-refractivity contribution in [2.45, 2.75) is 32.4 Å². The van der Waals surface area contributed by atoms with Gasteiger partial charge in [-0.25, -0.2) is 0 Å². The molecule has 1 amide bonds. The molecule has 0 aliphatic carbocycles. The molecule has 0 radical (unpaired) electrons. The normalized spacial score (nSPS) is 15.9. The summed E-state index contributed by atoms with van der Waals surface area (Å²) in [5, 5.41) is 2.90. The van der Waals surface area contributed by atoms with Crippen LogP contribution in [0, 0.1) is 0 Å². The molecular formula is C20H20F2N2O4. The van der Waals surface area contributed by atoms with E-state index in [1.54, 1.807) is 30.3 Å². The van der Waals surface area contributed by atoms with Crippen molar-refractivity contribution < 1.29 is 27.8 Å². The molecule has 4 rings (SSSR count). The third kappa shape index (κ3) is 3.67. The van der Waals surface area contributed by atoms with Crippen molar-refractivity contribution in [3.05, 3.63) is 42.0 Å². The average molecular weight is 390 g/mol. The summed E-state index contributed by atoms with van der Waals surface area (Å²) in [6.45, 7) is -0.159. The molecule has 2 aromatic carbocycles. The van der Waals surface area contributed by atoms with Crippen molar-refractivity contribution in [2.24, 2.45) is 0 Å². The standard InChI is InChI=1S/C20H20F2N2O4/c1-12(19(25)23-14-4-7-17-18(10-14)27-11-26-17)24-8-2-3-13-9-15(28-20(21)22)5-6-16(13)24/h4-7,9-10,12,20H,2-3,8,11H2,1H3,(H,23,25)/t12-/m1/s1. The fourth-order valence-electron chi connectivity index (χ4n) is 3.54. The number of rotatable bonds is 5. The molecule has 0 aromatic heterocycles. The minimum Gasteiger partial charge on any atom is -0.454 e. The number of nitrogens with one attached hydrogen (secondary N) is 1. The van der Waals surface area contributed by atoms with E-state index in [4.69, 9.17) is 9.47 Å². The summed E-state index contributed by atoms with van der Waals surface area (Å²) in [5.41, 5.74) is 2.38. The lowest BCUT2D eigenvalue weighted by molar-refractivity contribution is -0.117. The SMILES string of the molecule is C[C@H](C(=O)Nc1ccc2c(c1)OCO2)N1CCCc2cc(OC(F)F)ccc21. The molecule has 2 aliphatic heterocycles. The molecule has 0 saturated heterocycles. The van der Waals surface area contributed by atoms with Gasteiger partial charge in [0, 0.05) is 24.0 Å². The molecule has 2 aromatic rings. The highest BCUT2D eigenvalue weighted by Crippen LogP contribution is 2.35. The van der Waals surface area contributed by atoms with E-state index < -0.39 is 12.7 Å². The summed E-state index contributed by atoms with van der Waals surface area (Å²) in [7, 11) is 0. The Hall–Kier alpha value is -3.03. The minimum absolute atomic E-state index is 0.132. The van der Waals surface area contributed by atoms with E-state index >= 15 is 0 Å². The number of anilines is 2. The summed E-state index contributed by atoms with van der Waals surface area (Å²) in [5.74, 6) is 1.21. The number of aryl methyl sites for hydroxylation is 1. The van der Waals surface area contributed by atoms with Gasteiger partial charge in [-0.2, -0.15) is 8.78 Å². The van der Waals surface area contributed by atoms with Crippen molar-refractivity contribution >= 4 is 17.3 Å². The Labute approximate surface area is 161 Å². The molecule has 8 heteroatoms. The summed E-state index contributed by atoms with van der Waals surface area (Å²) in [6.07, 6.45) is 1.58. The van der Waals surface area contributed by atoms with E-state index in [0.29, 0.717) is 23.7 Å². The summed E-state index contributed by atoms with van der Waals surface area (Å²) in [4.78, 5) is 14.8. The van der Waals surface area contributed by atoms with Gasteiger partial charge in [0.25, 0.3) is 0 Å².